The maximum absolute atomic E-state index is 12.2. The van der Waals surface area contributed by atoms with Gasteiger partial charge in [-0.05, 0) is 23.8 Å². The fourth-order valence-electron chi connectivity index (χ4n) is 1.97. The Kier molecular flexibility index (Phi) is 7.03. The van der Waals surface area contributed by atoms with Crippen LogP contribution < -0.4 is 10.1 Å². The Hall–Kier alpha value is -1.92. The van der Waals surface area contributed by atoms with Crippen LogP contribution in [-0.4, -0.2) is 28.0 Å². The molecule has 0 saturated heterocycles. The van der Waals surface area contributed by atoms with E-state index in [9.17, 15) is 4.79 Å². The van der Waals surface area contributed by atoms with E-state index < -0.39 is 0 Å². The van der Waals surface area contributed by atoms with Gasteiger partial charge in [0.1, 0.15) is 10.1 Å². The summed E-state index contributed by atoms with van der Waals surface area (Å²) in [5, 5.41) is 3.15. The van der Waals surface area contributed by atoms with Gasteiger partial charge >= 0.3 is 0 Å². The monoisotopic (exact) mass is 346 g/mol. The molecule has 0 amide bonds. The van der Waals surface area contributed by atoms with Gasteiger partial charge < -0.3 is 10.1 Å². The van der Waals surface area contributed by atoms with E-state index in [2.05, 4.69) is 10.3 Å². The molecular weight excluding hydrogens is 328 g/mol. The SMILES string of the molecule is COc1ccccc1C(=O)CCSC(=S)NCc1cccnc1. The Labute approximate surface area is 145 Å². The number of ether oxygens (including phenoxy) is 1. The second kappa shape index (κ2) is 9.27. The molecule has 0 unspecified atom stereocenters. The molecule has 0 spiro atoms. The number of hydrogen-bond acceptors (Lipinski definition) is 5. The van der Waals surface area contributed by atoms with E-state index in [4.69, 9.17) is 17.0 Å². The number of thiocarbonyl (C=S) groups is 1. The van der Waals surface area contributed by atoms with Gasteiger partial charge in [0, 0.05) is 31.1 Å². The van der Waals surface area contributed by atoms with Gasteiger partial charge in [-0.1, -0.05) is 42.2 Å². The molecule has 0 bridgehead atoms. The van der Waals surface area contributed by atoms with Gasteiger partial charge in [-0.25, -0.2) is 0 Å². The zero-order chi connectivity index (χ0) is 16.5. The third kappa shape index (κ3) is 5.65. The summed E-state index contributed by atoms with van der Waals surface area (Å²) in [7, 11) is 1.57. The van der Waals surface area contributed by atoms with Crippen LogP contribution in [0, 0.1) is 0 Å². The van der Waals surface area contributed by atoms with E-state index in [0.717, 1.165) is 5.56 Å². The average molecular weight is 346 g/mol. The molecule has 1 N–H and O–H groups in total. The number of hydrogen-bond donors (Lipinski definition) is 1. The third-order valence-corrected chi connectivity index (χ3v) is 4.44. The lowest BCUT2D eigenvalue weighted by Gasteiger charge is -2.08. The van der Waals surface area contributed by atoms with Gasteiger partial charge in [0.15, 0.2) is 5.78 Å². The number of pyridine rings is 1. The van der Waals surface area contributed by atoms with Gasteiger partial charge in [-0.15, -0.1) is 0 Å². The van der Waals surface area contributed by atoms with Crippen molar-refractivity contribution in [1.82, 2.24) is 10.3 Å². The second-order valence-corrected chi connectivity index (χ2v) is 6.50. The average Bonchev–Trinajstić information content (AvgIpc) is 2.60. The van der Waals surface area contributed by atoms with Crippen LogP contribution in [0.15, 0.2) is 48.8 Å². The summed E-state index contributed by atoms with van der Waals surface area (Å²) in [6, 6.07) is 11.1. The van der Waals surface area contributed by atoms with Crippen LogP contribution in [0.1, 0.15) is 22.3 Å². The van der Waals surface area contributed by atoms with Crippen molar-refractivity contribution >= 4 is 34.1 Å². The fourth-order valence-corrected chi connectivity index (χ4v) is 2.94. The molecule has 2 aromatic rings. The zero-order valence-electron chi connectivity index (χ0n) is 12.8. The van der Waals surface area contributed by atoms with Crippen LogP contribution in [-0.2, 0) is 6.54 Å². The smallest absolute Gasteiger partial charge is 0.167 e. The third-order valence-electron chi connectivity index (χ3n) is 3.13. The van der Waals surface area contributed by atoms with Crippen LogP contribution >= 0.6 is 24.0 Å². The predicted molar refractivity (Wildman–Crippen MR) is 98.1 cm³/mol. The van der Waals surface area contributed by atoms with Gasteiger partial charge in [-0.3, -0.25) is 9.78 Å². The first kappa shape index (κ1) is 17.4. The molecule has 0 aliphatic heterocycles. The van der Waals surface area contributed by atoms with Crippen molar-refractivity contribution in [3.8, 4) is 5.75 Å². The van der Waals surface area contributed by atoms with Crippen LogP contribution in [0.3, 0.4) is 0 Å². The largest absolute Gasteiger partial charge is 0.496 e. The van der Waals surface area contributed by atoms with Gasteiger partial charge in [0.25, 0.3) is 0 Å². The predicted octanol–water partition coefficient (Wildman–Crippen LogP) is 3.47. The number of nitrogens with one attached hydrogen (secondary N) is 1. The highest BCUT2D eigenvalue weighted by Crippen LogP contribution is 2.20. The van der Waals surface area contributed by atoms with Crippen LogP contribution in [0.5, 0.6) is 5.75 Å². The van der Waals surface area contributed by atoms with E-state index in [1.54, 1.807) is 31.6 Å². The van der Waals surface area contributed by atoms with Crippen LogP contribution in [0.2, 0.25) is 0 Å². The number of carbonyl (C=O) groups is 1. The van der Waals surface area contributed by atoms with Gasteiger partial charge in [0.2, 0.25) is 0 Å². The molecule has 1 heterocycles. The first-order chi connectivity index (χ1) is 11.2. The number of rotatable bonds is 7. The Morgan fingerprint density at radius 2 is 2.13 bits per heavy atom. The molecule has 0 atom stereocenters. The molecule has 0 aliphatic carbocycles. The Bertz CT molecular complexity index is 663. The molecule has 0 fully saturated rings. The number of para-hydroxylation sites is 1. The molecular formula is C17H18N2O2S2. The second-order valence-electron chi connectivity index (χ2n) is 4.72. The molecule has 1 aromatic heterocycles. The summed E-state index contributed by atoms with van der Waals surface area (Å²) >= 11 is 6.74. The summed E-state index contributed by atoms with van der Waals surface area (Å²) in [5.41, 5.74) is 1.69. The molecule has 1 aromatic carbocycles. The Balaban J connectivity index is 1.74. The number of Topliss-reactive ketones (excluding diaryl/α,β-unsaturated/α-hetero) is 1. The van der Waals surface area contributed by atoms with Crippen LogP contribution in [0.4, 0.5) is 0 Å². The van der Waals surface area contributed by atoms with E-state index in [-0.39, 0.29) is 5.78 Å². The first-order valence-electron chi connectivity index (χ1n) is 7.16. The lowest BCUT2D eigenvalue weighted by molar-refractivity contribution is 0.0986. The summed E-state index contributed by atoms with van der Waals surface area (Å²) in [4.78, 5) is 16.3. The standard InChI is InChI=1S/C17H18N2O2S2/c1-21-16-7-3-2-6-14(16)15(20)8-10-23-17(22)19-12-13-5-4-9-18-11-13/h2-7,9,11H,8,10,12H2,1H3,(H,19,22). The lowest BCUT2D eigenvalue weighted by atomic mass is 10.1. The first-order valence-corrected chi connectivity index (χ1v) is 8.56. The van der Waals surface area contributed by atoms with Crippen molar-refractivity contribution < 1.29 is 9.53 Å². The maximum Gasteiger partial charge on any atom is 0.167 e. The quantitative estimate of drug-likeness (QED) is 0.612. The Morgan fingerprint density at radius 3 is 2.87 bits per heavy atom. The normalized spacial score (nSPS) is 10.1. The highest BCUT2D eigenvalue weighted by Gasteiger charge is 2.11. The van der Waals surface area contributed by atoms with Crippen molar-refractivity contribution in [2.45, 2.75) is 13.0 Å². The van der Waals surface area contributed by atoms with E-state index in [1.165, 1.54) is 11.8 Å². The van der Waals surface area contributed by atoms with Crippen LogP contribution in [0.25, 0.3) is 0 Å². The van der Waals surface area contributed by atoms with E-state index >= 15 is 0 Å². The van der Waals surface area contributed by atoms with E-state index in [0.29, 0.717) is 34.4 Å². The van der Waals surface area contributed by atoms with Crippen molar-refractivity contribution in [3.05, 3.63) is 59.9 Å². The minimum Gasteiger partial charge on any atom is -0.496 e. The zero-order valence-corrected chi connectivity index (χ0v) is 14.5. The number of nitrogens with zero attached hydrogens (tertiary/aromatic N) is 1. The lowest BCUT2D eigenvalue weighted by Crippen LogP contribution is -2.18. The molecule has 2 rings (SSSR count). The molecule has 4 nitrogen and oxygen atoms in total. The highest BCUT2D eigenvalue weighted by atomic mass is 32.2. The summed E-state index contributed by atoms with van der Waals surface area (Å²) < 4.78 is 5.89. The number of thioether (sulfide) groups is 1. The number of carbonyl (C=O) groups excluding carboxylic acids is 1. The number of ketones is 1. The number of methoxy groups -OCH3 is 1. The van der Waals surface area contributed by atoms with E-state index in [1.807, 2.05) is 24.3 Å². The summed E-state index contributed by atoms with van der Waals surface area (Å²) in [6.07, 6.45) is 3.95. The van der Waals surface area contributed by atoms with Crippen molar-refractivity contribution in [1.29, 1.82) is 0 Å². The highest BCUT2D eigenvalue weighted by molar-refractivity contribution is 8.22. The summed E-state index contributed by atoms with van der Waals surface area (Å²) in [5.74, 6) is 1.31. The molecule has 0 radical (unpaired) electrons. The summed E-state index contributed by atoms with van der Waals surface area (Å²) in [6.45, 7) is 0.639. The Morgan fingerprint density at radius 1 is 1.30 bits per heavy atom. The van der Waals surface area contributed by atoms with Crippen molar-refractivity contribution in [3.63, 3.8) is 0 Å². The minimum absolute atomic E-state index is 0.0602. The minimum atomic E-state index is 0.0602. The molecule has 120 valence electrons. The molecule has 0 aliphatic rings. The molecule has 6 heteroatoms. The molecule has 23 heavy (non-hydrogen) atoms. The fraction of sp³-hybridized carbons (Fsp3) is 0.235. The number of benzene rings is 1. The van der Waals surface area contributed by atoms with Gasteiger partial charge in [-0.2, -0.15) is 0 Å². The topological polar surface area (TPSA) is 51.2 Å². The van der Waals surface area contributed by atoms with Crippen molar-refractivity contribution in [2.24, 2.45) is 0 Å². The van der Waals surface area contributed by atoms with Crippen molar-refractivity contribution in [2.75, 3.05) is 12.9 Å². The molecule has 0 saturated carbocycles. The number of aromatic nitrogens is 1. The maximum atomic E-state index is 12.2. The van der Waals surface area contributed by atoms with Gasteiger partial charge in [0.05, 0.1) is 12.7 Å².